The highest BCUT2D eigenvalue weighted by molar-refractivity contribution is 5.96. The minimum absolute atomic E-state index is 0.0701. The molecule has 2 aliphatic rings. The predicted molar refractivity (Wildman–Crippen MR) is 82.0 cm³/mol. The van der Waals surface area contributed by atoms with Crippen LogP contribution in [-0.2, 0) is 16.1 Å². The lowest BCUT2D eigenvalue weighted by molar-refractivity contribution is -0.117. The number of aryl methyl sites for hydroxylation is 1. The van der Waals surface area contributed by atoms with Crippen molar-refractivity contribution in [3.8, 4) is 11.3 Å². The Kier molecular flexibility index (Phi) is 4.10. The lowest BCUT2D eigenvalue weighted by Gasteiger charge is -2.12. The molecule has 10 nitrogen and oxygen atoms in total. The van der Waals surface area contributed by atoms with Crippen LogP contribution in [0.15, 0.2) is 35.6 Å². The molecule has 0 bridgehead atoms. The maximum atomic E-state index is 12.0. The van der Waals surface area contributed by atoms with E-state index in [1.54, 1.807) is 23.1 Å². The third kappa shape index (κ3) is 3.02. The number of hydrogen-bond donors (Lipinski definition) is 2. The van der Waals surface area contributed by atoms with E-state index in [9.17, 15) is 14.4 Å². The number of carbonyl (C=O) groups excluding carboxylic acids is 2. The fourth-order valence-corrected chi connectivity index (χ4v) is 2.21. The van der Waals surface area contributed by atoms with Crippen LogP contribution in [0.4, 0.5) is 0 Å². The number of aromatic nitrogens is 5. The van der Waals surface area contributed by atoms with E-state index in [4.69, 9.17) is 0 Å². The van der Waals surface area contributed by atoms with Crippen LogP contribution in [0.2, 0.25) is 0 Å². The lowest BCUT2D eigenvalue weighted by Crippen LogP contribution is -2.25. The van der Waals surface area contributed by atoms with Gasteiger partial charge in [0.15, 0.2) is 0 Å². The number of nitrogens with zero attached hydrogens (tertiary/aromatic N) is 4. The fourth-order valence-electron chi connectivity index (χ4n) is 2.21. The van der Waals surface area contributed by atoms with Crippen LogP contribution >= 0.6 is 0 Å². The summed E-state index contributed by atoms with van der Waals surface area (Å²) in [7, 11) is 1.22. The average Bonchev–Trinajstić information content (AvgIpc) is 3.22. The number of H-pyrrole nitrogens is 1. The van der Waals surface area contributed by atoms with Crippen LogP contribution in [0.1, 0.15) is 16.8 Å². The molecule has 2 aliphatic heterocycles. The zero-order valence-electron chi connectivity index (χ0n) is 12.7. The number of aromatic amines is 1. The summed E-state index contributed by atoms with van der Waals surface area (Å²) in [6.07, 6.45) is 6.28. The zero-order valence-corrected chi connectivity index (χ0v) is 12.7. The van der Waals surface area contributed by atoms with Crippen molar-refractivity contribution >= 4 is 11.9 Å². The average molecular weight is 330 g/mol. The molecule has 24 heavy (non-hydrogen) atoms. The van der Waals surface area contributed by atoms with Gasteiger partial charge in [-0.15, -0.1) is 0 Å². The van der Waals surface area contributed by atoms with Crippen molar-refractivity contribution < 1.29 is 14.3 Å². The number of carbonyl (C=O) groups is 2. The Balaban J connectivity index is 1.82. The molecule has 0 unspecified atom stereocenters. The largest absolute Gasteiger partial charge is 0.465 e. The van der Waals surface area contributed by atoms with Gasteiger partial charge in [0.25, 0.3) is 5.56 Å². The maximum Gasteiger partial charge on any atom is 0.341 e. The first-order chi connectivity index (χ1) is 11.6. The SMILES string of the molecule is COC(=O)c1cn(NC(=O)CCn2cccn2)cc2c(=O)[nH]nc1-2. The minimum atomic E-state index is -0.661. The van der Waals surface area contributed by atoms with E-state index in [0.717, 1.165) is 0 Å². The molecule has 1 amide bonds. The van der Waals surface area contributed by atoms with E-state index in [1.165, 1.54) is 24.2 Å². The first-order valence-electron chi connectivity index (χ1n) is 7.04. The summed E-state index contributed by atoms with van der Waals surface area (Å²) < 4.78 is 7.55. The number of nitrogens with one attached hydrogen (secondary N) is 2. The smallest absolute Gasteiger partial charge is 0.341 e. The Hall–Kier alpha value is -3.43. The number of rotatable bonds is 5. The second kappa shape index (κ2) is 6.36. The number of fused-ring (bicyclic) bond motifs is 1. The molecular formula is C14H14N6O4. The van der Waals surface area contributed by atoms with E-state index in [1.807, 2.05) is 0 Å². The highest BCUT2D eigenvalue weighted by Gasteiger charge is 2.22. The van der Waals surface area contributed by atoms with Crippen LogP contribution in [-0.4, -0.2) is 43.6 Å². The van der Waals surface area contributed by atoms with Gasteiger partial charge in [-0.2, -0.15) is 10.2 Å². The van der Waals surface area contributed by atoms with Gasteiger partial charge in [-0.05, 0) is 6.07 Å². The van der Waals surface area contributed by atoms with E-state index in [-0.39, 0.29) is 29.1 Å². The Morgan fingerprint density at radius 1 is 1.38 bits per heavy atom. The molecule has 124 valence electrons. The molecular weight excluding hydrogens is 316 g/mol. The van der Waals surface area contributed by atoms with Crippen molar-refractivity contribution in [2.24, 2.45) is 0 Å². The summed E-state index contributed by atoms with van der Waals surface area (Å²) in [4.78, 5) is 35.6. The van der Waals surface area contributed by atoms with Crippen molar-refractivity contribution in [1.29, 1.82) is 0 Å². The molecule has 0 saturated carbocycles. The van der Waals surface area contributed by atoms with Gasteiger partial charge in [-0.1, -0.05) is 0 Å². The highest BCUT2D eigenvalue weighted by Crippen LogP contribution is 2.19. The standard InChI is InChI=1S/C14H14N6O4/c1-24-14(23)10-8-20(7-9-12(10)16-17-13(9)22)18-11(21)3-6-19-5-2-4-15-19/h2,4-5,7-8H,3,6H2,1H3,(H,17,22)(H,18,21). The van der Waals surface area contributed by atoms with Crippen molar-refractivity contribution in [2.45, 2.75) is 13.0 Å². The molecule has 2 N–H and O–H groups in total. The van der Waals surface area contributed by atoms with Crippen LogP contribution < -0.4 is 11.0 Å². The Bertz CT molecular complexity index is 895. The molecule has 10 heteroatoms. The number of amides is 1. The summed E-state index contributed by atoms with van der Waals surface area (Å²) in [6, 6.07) is 1.76. The van der Waals surface area contributed by atoms with Gasteiger partial charge in [0.2, 0.25) is 5.91 Å². The van der Waals surface area contributed by atoms with Gasteiger partial charge in [-0.3, -0.25) is 24.4 Å². The van der Waals surface area contributed by atoms with Gasteiger partial charge in [-0.25, -0.2) is 9.89 Å². The molecule has 1 aromatic heterocycles. The van der Waals surface area contributed by atoms with Crippen molar-refractivity contribution in [2.75, 3.05) is 12.5 Å². The first-order valence-corrected chi connectivity index (χ1v) is 7.04. The van der Waals surface area contributed by atoms with Gasteiger partial charge < -0.3 is 4.74 Å². The molecule has 0 spiro atoms. The Morgan fingerprint density at radius 2 is 2.21 bits per heavy atom. The van der Waals surface area contributed by atoms with Gasteiger partial charge in [0.05, 0.1) is 12.7 Å². The van der Waals surface area contributed by atoms with Crippen LogP contribution in [0.25, 0.3) is 11.3 Å². The number of esters is 1. The summed E-state index contributed by atoms with van der Waals surface area (Å²) in [5, 5.41) is 10.1. The van der Waals surface area contributed by atoms with E-state index >= 15 is 0 Å². The second-order valence-electron chi connectivity index (χ2n) is 4.94. The second-order valence-corrected chi connectivity index (χ2v) is 4.94. The summed E-state index contributed by atoms with van der Waals surface area (Å²) >= 11 is 0. The van der Waals surface area contributed by atoms with Crippen LogP contribution in [0.5, 0.6) is 0 Å². The molecule has 3 heterocycles. The predicted octanol–water partition coefficient (Wildman–Crippen LogP) is -0.180. The Morgan fingerprint density at radius 3 is 2.92 bits per heavy atom. The first kappa shape index (κ1) is 15.5. The number of hydrogen-bond acceptors (Lipinski definition) is 6. The lowest BCUT2D eigenvalue weighted by atomic mass is 10.1. The molecule has 0 aliphatic carbocycles. The quantitative estimate of drug-likeness (QED) is 0.625. The number of methoxy groups -OCH3 is 1. The molecule has 0 saturated heterocycles. The fraction of sp³-hybridized carbons (Fsp3) is 0.214. The van der Waals surface area contributed by atoms with E-state index in [2.05, 4.69) is 25.5 Å². The van der Waals surface area contributed by atoms with Crippen molar-refractivity contribution in [1.82, 2.24) is 24.7 Å². The topological polar surface area (TPSA) is 124 Å². The highest BCUT2D eigenvalue weighted by atomic mass is 16.5. The molecule has 3 rings (SSSR count). The molecule has 0 aromatic carbocycles. The third-order valence-electron chi connectivity index (χ3n) is 3.35. The minimum Gasteiger partial charge on any atom is -0.465 e. The monoisotopic (exact) mass is 330 g/mol. The van der Waals surface area contributed by atoms with Crippen LogP contribution in [0.3, 0.4) is 0 Å². The van der Waals surface area contributed by atoms with Gasteiger partial charge in [0, 0.05) is 37.8 Å². The van der Waals surface area contributed by atoms with Gasteiger partial charge >= 0.3 is 5.97 Å². The third-order valence-corrected chi connectivity index (χ3v) is 3.35. The van der Waals surface area contributed by atoms with Gasteiger partial charge in [0.1, 0.15) is 11.3 Å². The number of pyridine rings is 1. The number of ether oxygens (including phenoxy) is 1. The van der Waals surface area contributed by atoms with Crippen molar-refractivity contribution in [3.05, 3.63) is 46.8 Å². The van der Waals surface area contributed by atoms with Crippen LogP contribution in [0, 0.1) is 0 Å². The van der Waals surface area contributed by atoms with E-state index < -0.39 is 11.5 Å². The van der Waals surface area contributed by atoms with E-state index in [0.29, 0.717) is 6.54 Å². The Labute approximate surface area is 135 Å². The summed E-state index contributed by atoms with van der Waals surface area (Å²) in [6.45, 7) is 0.407. The summed E-state index contributed by atoms with van der Waals surface area (Å²) in [5.74, 6) is -0.965. The normalized spacial score (nSPS) is 10.7. The van der Waals surface area contributed by atoms with Crippen molar-refractivity contribution in [3.63, 3.8) is 0 Å². The molecule has 0 radical (unpaired) electrons. The molecule has 0 atom stereocenters. The zero-order chi connectivity index (χ0) is 17.1. The summed E-state index contributed by atoms with van der Waals surface area (Å²) in [5.41, 5.74) is 2.55. The maximum absolute atomic E-state index is 12.0. The molecule has 0 fully saturated rings. The molecule has 1 aromatic rings.